The van der Waals surface area contributed by atoms with E-state index >= 15 is 0 Å². The first-order valence-electron chi connectivity index (χ1n) is 10.7. The van der Waals surface area contributed by atoms with Crippen LogP contribution in [0.5, 0.6) is 11.5 Å². The van der Waals surface area contributed by atoms with Crippen LogP contribution in [-0.2, 0) is 16.6 Å². The van der Waals surface area contributed by atoms with Crippen molar-refractivity contribution in [2.75, 3.05) is 18.4 Å². The lowest BCUT2D eigenvalue weighted by molar-refractivity contribution is 0.0952. The molecule has 1 amide bonds. The van der Waals surface area contributed by atoms with Crippen LogP contribution in [0.15, 0.2) is 77.7 Å². The summed E-state index contributed by atoms with van der Waals surface area (Å²) in [4.78, 5) is 12.8. The molecule has 33 heavy (non-hydrogen) atoms. The van der Waals surface area contributed by atoms with Gasteiger partial charge in [-0.2, -0.15) is 0 Å². The number of hydrogen-bond acceptors (Lipinski definition) is 5. The Labute approximate surface area is 194 Å². The molecule has 0 aliphatic heterocycles. The molecule has 0 saturated heterocycles. The number of ether oxygens (including phenoxy) is 2. The Morgan fingerprint density at radius 3 is 2.24 bits per heavy atom. The van der Waals surface area contributed by atoms with E-state index in [4.69, 9.17) is 9.47 Å². The minimum atomic E-state index is -3.89. The van der Waals surface area contributed by atoms with Crippen LogP contribution in [0.1, 0.15) is 35.7 Å². The van der Waals surface area contributed by atoms with Gasteiger partial charge in [0.05, 0.1) is 29.9 Å². The van der Waals surface area contributed by atoms with Crippen LogP contribution in [-0.4, -0.2) is 28.0 Å². The predicted molar refractivity (Wildman–Crippen MR) is 128 cm³/mol. The molecule has 0 aliphatic rings. The topological polar surface area (TPSA) is 93.7 Å². The van der Waals surface area contributed by atoms with Crippen LogP contribution in [0, 0.1) is 0 Å². The summed E-state index contributed by atoms with van der Waals surface area (Å²) in [5, 5.41) is 2.82. The van der Waals surface area contributed by atoms with E-state index in [9.17, 15) is 13.2 Å². The Bertz CT molecular complexity index is 1160. The van der Waals surface area contributed by atoms with Crippen LogP contribution in [0.25, 0.3) is 0 Å². The normalized spacial score (nSPS) is 11.0. The number of nitrogens with one attached hydrogen (secondary N) is 2. The lowest BCUT2D eigenvalue weighted by Crippen LogP contribution is -2.25. The van der Waals surface area contributed by atoms with Crippen molar-refractivity contribution in [3.8, 4) is 11.5 Å². The fraction of sp³-hybridized carbons (Fsp3) is 0.240. The molecule has 7 nitrogen and oxygen atoms in total. The quantitative estimate of drug-likeness (QED) is 0.401. The zero-order valence-electron chi connectivity index (χ0n) is 18.7. The summed E-state index contributed by atoms with van der Waals surface area (Å²) >= 11 is 0. The van der Waals surface area contributed by atoms with Crippen LogP contribution in [0.2, 0.25) is 0 Å². The van der Waals surface area contributed by atoms with Crippen LogP contribution < -0.4 is 19.5 Å². The first-order chi connectivity index (χ1) is 15.9. The van der Waals surface area contributed by atoms with Gasteiger partial charge in [0.2, 0.25) is 0 Å². The van der Waals surface area contributed by atoms with Crippen molar-refractivity contribution in [3.05, 3.63) is 83.9 Å². The molecule has 0 atom stereocenters. The average molecular weight is 469 g/mol. The van der Waals surface area contributed by atoms with Gasteiger partial charge in [-0.1, -0.05) is 37.6 Å². The summed E-state index contributed by atoms with van der Waals surface area (Å²) in [6.07, 6.45) is 1.95. The molecule has 174 valence electrons. The zero-order valence-corrected chi connectivity index (χ0v) is 19.5. The molecule has 0 fully saturated rings. The molecule has 3 rings (SSSR count). The highest BCUT2D eigenvalue weighted by molar-refractivity contribution is 7.92. The van der Waals surface area contributed by atoms with Crippen LogP contribution >= 0.6 is 0 Å². The van der Waals surface area contributed by atoms with Crippen molar-refractivity contribution in [1.82, 2.24) is 5.32 Å². The Kier molecular flexibility index (Phi) is 8.32. The van der Waals surface area contributed by atoms with Crippen LogP contribution in [0.4, 0.5) is 5.69 Å². The van der Waals surface area contributed by atoms with Gasteiger partial charge >= 0.3 is 0 Å². The SMILES string of the molecule is CCCCOc1ccc(S(=O)(=O)Nc2ccccc2C(=O)NCc2ccc(OC)cc2)cc1. The molecule has 0 unspecified atom stereocenters. The van der Waals surface area contributed by atoms with Gasteiger partial charge < -0.3 is 14.8 Å². The minimum absolute atomic E-state index is 0.0822. The monoisotopic (exact) mass is 468 g/mol. The smallest absolute Gasteiger partial charge is 0.261 e. The summed E-state index contributed by atoms with van der Waals surface area (Å²) in [7, 11) is -2.30. The van der Waals surface area contributed by atoms with E-state index in [-0.39, 0.29) is 22.1 Å². The number of carbonyl (C=O) groups excluding carboxylic acids is 1. The summed E-state index contributed by atoms with van der Waals surface area (Å²) < 4.78 is 39.0. The molecule has 3 aromatic rings. The maximum Gasteiger partial charge on any atom is 0.261 e. The van der Waals surface area contributed by atoms with Gasteiger partial charge in [-0.3, -0.25) is 9.52 Å². The Morgan fingerprint density at radius 2 is 1.58 bits per heavy atom. The summed E-state index contributed by atoms with van der Waals surface area (Å²) in [5.41, 5.74) is 1.32. The number of amides is 1. The second-order valence-corrected chi connectivity index (χ2v) is 9.04. The second kappa shape index (κ2) is 11.4. The molecule has 0 saturated carbocycles. The Morgan fingerprint density at radius 1 is 0.909 bits per heavy atom. The van der Waals surface area contributed by atoms with Gasteiger partial charge in [0.1, 0.15) is 11.5 Å². The van der Waals surface area contributed by atoms with E-state index in [1.807, 2.05) is 24.3 Å². The molecule has 0 aromatic heterocycles. The van der Waals surface area contributed by atoms with Gasteiger partial charge in [0, 0.05) is 6.54 Å². The summed E-state index contributed by atoms with van der Waals surface area (Å²) in [6.45, 7) is 2.95. The van der Waals surface area contributed by atoms with E-state index in [0.29, 0.717) is 18.9 Å². The molecule has 0 spiro atoms. The highest BCUT2D eigenvalue weighted by Crippen LogP contribution is 2.22. The van der Waals surface area contributed by atoms with Crippen molar-refractivity contribution in [2.45, 2.75) is 31.2 Å². The van der Waals surface area contributed by atoms with Gasteiger partial charge in [0.25, 0.3) is 15.9 Å². The van der Waals surface area contributed by atoms with Crippen molar-refractivity contribution in [1.29, 1.82) is 0 Å². The van der Waals surface area contributed by atoms with Gasteiger partial charge in [-0.05, 0) is 60.5 Å². The highest BCUT2D eigenvalue weighted by atomic mass is 32.2. The first kappa shape index (κ1) is 24.1. The maximum atomic E-state index is 12.9. The molecular weight excluding hydrogens is 440 g/mol. The third-order valence-corrected chi connectivity index (χ3v) is 6.31. The van der Waals surface area contributed by atoms with Gasteiger partial charge in [0.15, 0.2) is 0 Å². The minimum Gasteiger partial charge on any atom is -0.497 e. The number of hydrogen-bond donors (Lipinski definition) is 2. The summed E-state index contributed by atoms with van der Waals surface area (Å²) in [6, 6.07) is 20.0. The molecule has 0 bridgehead atoms. The number of benzene rings is 3. The summed E-state index contributed by atoms with van der Waals surface area (Å²) in [5.74, 6) is 0.954. The van der Waals surface area contributed by atoms with Crippen molar-refractivity contribution >= 4 is 21.6 Å². The Hall–Kier alpha value is -3.52. The van der Waals surface area contributed by atoms with Crippen molar-refractivity contribution in [2.24, 2.45) is 0 Å². The number of unbranched alkanes of at least 4 members (excludes halogenated alkanes) is 1. The third kappa shape index (κ3) is 6.73. The molecule has 0 aliphatic carbocycles. The molecule has 0 heterocycles. The number of rotatable bonds is 11. The molecule has 3 aromatic carbocycles. The van der Waals surface area contributed by atoms with E-state index in [0.717, 1.165) is 24.2 Å². The Balaban J connectivity index is 1.69. The first-order valence-corrected chi connectivity index (χ1v) is 12.2. The van der Waals surface area contributed by atoms with E-state index in [1.54, 1.807) is 43.5 Å². The zero-order chi connectivity index (χ0) is 23.7. The van der Waals surface area contributed by atoms with Gasteiger partial charge in [-0.15, -0.1) is 0 Å². The molecular formula is C25H28N2O5S. The lowest BCUT2D eigenvalue weighted by atomic mass is 10.1. The van der Waals surface area contributed by atoms with E-state index in [1.165, 1.54) is 12.1 Å². The average Bonchev–Trinajstić information content (AvgIpc) is 2.83. The molecule has 0 radical (unpaired) electrons. The fourth-order valence-corrected chi connectivity index (χ4v) is 4.12. The van der Waals surface area contributed by atoms with Crippen molar-refractivity contribution in [3.63, 3.8) is 0 Å². The standard InChI is InChI=1S/C25H28N2O5S/c1-3-4-17-32-21-13-15-22(16-14-21)33(29,30)27-24-8-6-5-7-23(24)25(28)26-18-19-9-11-20(31-2)12-10-19/h5-16,27H,3-4,17-18H2,1-2H3,(H,26,28). The highest BCUT2D eigenvalue weighted by Gasteiger charge is 2.18. The number of methoxy groups -OCH3 is 1. The van der Waals surface area contributed by atoms with E-state index < -0.39 is 10.0 Å². The largest absolute Gasteiger partial charge is 0.497 e. The van der Waals surface area contributed by atoms with E-state index in [2.05, 4.69) is 17.0 Å². The lowest BCUT2D eigenvalue weighted by Gasteiger charge is -2.13. The number of sulfonamides is 1. The third-order valence-electron chi connectivity index (χ3n) is 4.93. The molecule has 8 heteroatoms. The number of para-hydroxylation sites is 1. The van der Waals surface area contributed by atoms with Crippen LogP contribution in [0.3, 0.4) is 0 Å². The predicted octanol–water partition coefficient (Wildman–Crippen LogP) is 4.60. The molecule has 2 N–H and O–H groups in total. The van der Waals surface area contributed by atoms with Gasteiger partial charge in [-0.25, -0.2) is 8.42 Å². The fourth-order valence-electron chi connectivity index (χ4n) is 3.04. The number of anilines is 1. The number of carbonyl (C=O) groups is 1. The van der Waals surface area contributed by atoms with Crippen molar-refractivity contribution < 1.29 is 22.7 Å². The maximum absolute atomic E-state index is 12.9. The second-order valence-electron chi connectivity index (χ2n) is 7.36.